The maximum absolute atomic E-state index is 12.0. The molecule has 98 valence electrons. The molecule has 5 nitrogen and oxygen atoms in total. The standard InChI is InChI=1S/C13H19N3O2/c1-9-6-11(4-5-14-9)13(18)16-8-10-2-3-12(17)15-7-10/h2-3,7,9,11,14H,4-6,8H2,1H3,(H,15,17)(H,16,18)/t9-,11-/m0/s1. The second kappa shape index (κ2) is 5.82. The van der Waals surface area contributed by atoms with Gasteiger partial charge in [0.1, 0.15) is 0 Å². The van der Waals surface area contributed by atoms with Crippen molar-refractivity contribution in [1.82, 2.24) is 15.6 Å². The van der Waals surface area contributed by atoms with E-state index in [0.717, 1.165) is 24.9 Å². The van der Waals surface area contributed by atoms with Crippen LogP contribution in [0.4, 0.5) is 0 Å². The number of nitrogens with one attached hydrogen (secondary N) is 3. The summed E-state index contributed by atoms with van der Waals surface area (Å²) in [6.07, 6.45) is 3.41. The van der Waals surface area contributed by atoms with Crippen molar-refractivity contribution in [1.29, 1.82) is 0 Å². The van der Waals surface area contributed by atoms with Crippen LogP contribution in [0, 0.1) is 5.92 Å². The fourth-order valence-corrected chi connectivity index (χ4v) is 2.26. The largest absolute Gasteiger partial charge is 0.352 e. The van der Waals surface area contributed by atoms with Crippen LogP contribution in [0.3, 0.4) is 0 Å². The fourth-order valence-electron chi connectivity index (χ4n) is 2.26. The van der Waals surface area contributed by atoms with Gasteiger partial charge in [-0.15, -0.1) is 0 Å². The third kappa shape index (κ3) is 3.43. The Kier molecular flexibility index (Phi) is 4.15. The highest BCUT2D eigenvalue weighted by Crippen LogP contribution is 2.16. The number of carbonyl (C=O) groups excluding carboxylic acids is 1. The summed E-state index contributed by atoms with van der Waals surface area (Å²) >= 11 is 0. The molecule has 0 saturated carbocycles. The molecule has 2 heterocycles. The summed E-state index contributed by atoms with van der Waals surface area (Å²) in [4.78, 5) is 25.5. The molecule has 1 saturated heterocycles. The molecule has 1 fully saturated rings. The quantitative estimate of drug-likeness (QED) is 0.725. The number of aromatic amines is 1. The van der Waals surface area contributed by atoms with E-state index in [2.05, 4.69) is 22.5 Å². The monoisotopic (exact) mass is 249 g/mol. The number of carbonyl (C=O) groups is 1. The first-order chi connectivity index (χ1) is 8.65. The molecule has 3 N–H and O–H groups in total. The van der Waals surface area contributed by atoms with Crippen LogP contribution in [-0.2, 0) is 11.3 Å². The minimum absolute atomic E-state index is 0.101. The first-order valence-corrected chi connectivity index (χ1v) is 6.34. The van der Waals surface area contributed by atoms with Crippen LogP contribution < -0.4 is 16.2 Å². The van der Waals surface area contributed by atoms with Crippen LogP contribution in [0.2, 0.25) is 0 Å². The minimum atomic E-state index is -0.128. The number of H-pyrrole nitrogens is 1. The average molecular weight is 249 g/mol. The van der Waals surface area contributed by atoms with Gasteiger partial charge in [-0.2, -0.15) is 0 Å². The van der Waals surface area contributed by atoms with Gasteiger partial charge in [0.2, 0.25) is 11.5 Å². The number of piperidine rings is 1. The third-order valence-corrected chi connectivity index (χ3v) is 3.31. The van der Waals surface area contributed by atoms with Crippen LogP contribution in [0.25, 0.3) is 0 Å². The molecule has 1 aromatic heterocycles. The third-order valence-electron chi connectivity index (χ3n) is 3.31. The van der Waals surface area contributed by atoms with Crippen molar-refractivity contribution < 1.29 is 4.79 Å². The van der Waals surface area contributed by atoms with Crippen LogP contribution in [0.15, 0.2) is 23.1 Å². The van der Waals surface area contributed by atoms with E-state index in [4.69, 9.17) is 0 Å². The Balaban J connectivity index is 1.84. The summed E-state index contributed by atoms with van der Waals surface area (Å²) in [6.45, 7) is 3.47. The molecular formula is C13H19N3O2. The maximum atomic E-state index is 12.0. The Morgan fingerprint density at radius 3 is 3.00 bits per heavy atom. The lowest BCUT2D eigenvalue weighted by Gasteiger charge is -2.27. The van der Waals surface area contributed by atoms with Crippen molar-refractivity contribution in [3.8, 4) is 0 Å². The van der Waals surface area contributed by atoms with Gasteiger partial charge >= 0.3 is 0 Å². The molecule has 1 aromatic rings. The van der Waals surface area contributed by atoms with Gasteiger partial charge in [0, 0.05) is 30.8 Å². The van der Waals surface area contributed by atoms with E-state index in [1.807, 2.05) is 0 Å². The van der Waals surface area contributed by atoms with Gasteiger partial charge in [0.15, 0.2) is 0 Å². The van der Waals surface area contributed by atoms with E-state index in [1.165, 1.54) is 6.07 Å². The molecule has 18 heavy (non-hydrogen) atoms. The Bertz CT molecular complexity index is 449. The molecule has 0 unspecified atom stereocenters. The van der Waals surface area contributed by atoms with E-state index in [9.17, 15) is 9.59 Å². The fraction of sp³-hybridized carbons (Fsp3) is 0.538. The molecule has 0 aliphatic carbocycles. The number of pyridine rings is 1. The average Bonchev–Trinajstić information content (AvgIpc) is 2.38. The Morgan fingerprint density at radius 2 is 2.33 bits per heavy atom. The van der Waals surface area contributed by atoms with Gasteiger partial charge in [-0.05, 0) is 31.9 Å². The van der Waals surface area contributed by atoms with Gasteiger partial charge < -0.3 is 15.6 Å². The van der Waals surface area contributed by atoms with Crippen LogP contribution in [0.1, 0.15) is 25.3 Å². The van der Waals surface area contributed by atoms with Crippen LogP contribution >= 0.6 is 0 Å². The Labute approximate surface area is 106 Å². The number of aromatic nitrogens is 1. The smallest absolute Gasteiger partial charge is 0.247 e. The number of rotatable bonds is 3. The molecule has 1 aliphatic rings. The van der Waals surface area contributed by atoms with Crippen molar-refractivity contribution in [3.63, 3.8) is 0 Å². The Morgan fingerprint density at radius 1 is 1.50 bits per heavy atom. The van der Waals surface area contributed by atoms with Crippen LogP contribution in [0.5, 0.6) is 0 Å². The second-order valence-corrected chi connectivity index (χ2v) is 4.86. The molecule has 2 atom stereocenters. The molecule has 1 aliphatic heterocycles. The zero-order valence-corrected chi connectivity index (χ0v) is 10.5. The molecule has 2 rings (SSSR count). The molecular weight excluding hydrogens is 230 g/mol. The first kappa shape index (κ1) is 12.8. The highest BCUT2D eigenvalue weighted by Gasteiger charge is 2.24. The molecule has 5 heteroatoms. The van der Waals surface area contributed by atoms with Crippen LogP contribution in [-0.4, -0.2) is 23.5 Å². The second-order valence-electron chi connectivity index (χ2n) is 4.86. The van der Waals surface area contributed by atoms with Crippen molar-refractivity contribution in [2.24, 2.45) is 5.92 Å². The van der Waals surface area contributed by atoms with Crippen molar-refractivity contribution in [2.45, 2.75) is 32.4 Å². The van der Waals surface area contributed by atoms with Gasteiger partial charge in [0.25, 0.3) is 0 Å². The van der Waals surface area contributed by atoms with Gasteiger partial charge in [-0.1, -0.05) is 6.07 Å². The lowest BCUT2D eigenvalue weighted by atomic mass is 9.92. The van der Waals surface area contributed by atoms with E-state index in [-0.39, 0.29) is 17.4 Å². The van der Waals surface area contributed by atoms with Gasteiger partial charge in [-0.3, -0.25) is 9.59 Å². The van der Waals surface area contributed by atoms with E-state index in [1.54, 1.807) is 12.3 Å². The molecule has 1 amide bonds. The summed E-state index contributed by atoms with van der Waals surface area (Å²) in [6, 6.07) is 3.60. The van der Waals surface area contributed by atoms with Crippen molar-refractivity contribution in [2.75, 3.05) is 6.54 Å². The normalized spacial score (nSPS) is 23.6. The zero-order valence-electron chi connectivity index (χ0n) is 10.5. The summed E-state index contributed by atoms with van der Waals surface area (Å²) in [7, 11) is 0. The predicted molar refractivity (Wildman–Crippen MR) is 69.1 cm³/mol. The van der Waals surface area contributed by atoms with Crippen molar-refractivity contribution >= 4 is 5.91 Å². The lowest BCUT2D eigenvalue weighted by molar-refractivity contribution is -0.126. The molecule has 0 aromatic carbocycles. The van der Waals surface area contributed by atoms with E-state index in [0.29, 0.717) is 12.6 Å². The van der Waals surface area contributed by atoms with Crippen molar-refractivity contribution in [3.05, 3.63) is 34.2 Å². The predicted octanol–water partition coefficient (Wildman–Crippen LogP) is 0.379. The highest BCUT2D eigenvalue weighted by atomic mass is 16.2. The van der Waals surface area contributed by atoms with E-state index >= 15 is 0 Å². The van der Waals surface area contributed by atoms with E-state index < -0.39 is 0 Å². The molecule has 0 bridgehead atoms. The minimum Gasteiger partial charge on any atom is -0.352 e. The molecule has 0 spiro atoms. The summed E-state index contributed by atoms with van der Waals surface area (Å²) in [5, 5.41) is 6.25. The summed E-state index contributed by atoms with van der Waals surface area (Å²) in [5.74, 6) is 0.207. The van der Waals surface area contributed by atoms with Gasteiger partial charge in [-0.25, -0.2) is 0 Å². The topological polar surface area (TPSA) is 74.0 Å². The maximum Gasteiger partial charge on any atom is 0.247 e. The molecule has 0 radical (unpaired) electrons. The zero-order chi connectivity index (χ0) is 13.0. The lowest BCUT2D eigenvalue weighted by Crippen LogP contribution is -2.42. The number of hydrogen-bond donors (Lipinski definition) is 3. The van der Waals surface area contributed by atoms with Gasteiger partial charge in [0.05, 0.1) is 0 Å². The Hall–Kier alpha value is -1.62. The summed E-state index contributed by atoms with van der Waals surface area (Å²) < 4.78 is 0. The highest BCUT2D eigenvalue weighted by molar-refractivity contribution is 5.78. The number of amides is 1. The number of hydrogen-bond acceptors (Lipinski definition) is 3. The SMILES string of the molecule is C[C@H]1C[C@@H](C(=O)NCc2ccc(=O)[nH]c2)CCN1. The summed E-state index contributed by atoms with van der Waals surface area (Å²) in [5.41, 5.74) is 0.780. The first-order valence-electron chi connectivity index (χ1n) is 6.34.